The molecule has 0 bridgehead atoms. The molecule has 2 heteroatoms. The summed E-state index contributed by atoms with van der Waals surface area (Å²) in [5.41, 5.74) is 1.92. The van der Waals surface area contributed by atoms with Gasteiger partial charge in [0.15, 0.2) is 0 Å². The van der Waals surface area contributed by atoms with E-state index in [1.54, 1.807) is 0 Å². The number of benzene rings is 1. The van der Waals surface area contributed by atoms with Crippen molar-refractivity contribution < 1.29 is 4.79 Å². The van der Waals surface area contributed by atoms with Crippen molar-refractivity contribution in [3.05, 3.63) is 47.5 Å². The van der Waals surface area contributed by atoms with Crippen LogP contribution in [0.15, 0.2) is 42.0 Å². The second kappa shape index (κ2) is 8.02. The molecule has 1 aromatic rings. The molecule has 2 nitrogen and oxygen atoms in total. The molecule has 116 valence electrons. The van der Waals surface area contributed by atoms with Crippen LogP contribution in [0, 0.1) is 0 Å². The molecule has 0 heterocycles. The SMILES string of the molecule is CCC/C=C(\CC)C(=O)N(Cc1ccccc1)C(C)(C)C. The molecule has 0 atom stereocenters. The van der Waals surface area contributed by atoms with Crippen molar-refractivity contribution in [2.24, 2.45) is 0 Å². The van der Waals surface area contributed by atoms with Gasteiger partial charge in [0.1, 0.15) is 0 Å². The Kier molecular flexibility index (Phi) is 6.67. The summed E-state index contributed by atoms with van der Waals surface area (Å²) in [5.74, 6) is 0.169. The second-order valence-electron chi connectivity index (χ2n) is 6.42. The summed E-state index contributed by atoms with van der Waals surface area (Å²) in [6, 6.07) is 10.2. The second-order valence-corrected chi connectivity index (χ2v) is 6.42. The van der Waals surface area contributed by atoms with Crippen LogP contribution in [0.4, 0.5) is 0 Å². The lowest BCUT2D eigenvalue weighted by Crippen LogP contribution is -2.45. The number of hydrogen-bond donors (Lipinski definition) is 0. The first-order valence-corrected chi connectivity index (χ1v) is 7.95. The van der Waals surface area contributed by atoms with Crippen molar-refractivity contribution in [1.82, 2.24) is 4.90 Å². The van der Waals surface area contributed by atoms with Crippen LogP contribution < -0.4 is 0 Å². The zero-order chi connectivity index (χ0) is 15.9. The molecule has 1 rings (SSSR count). The molecule has 1 amide bonds. The van der Waals surface area contributed by atoms with Crippen LogP contribution in [0.3, 0.4) is 0 Å². The lowest BCUT2D eigenvalue weighted by molar-refractivity contribution is -0.132. The lowest BCUT2D eigenvalue weighted by atomic mass is 10.0. The zero-order valence-corrected chi connectivity index (χ0v) is 14.1. The Labute approximate surface area is 129 Å². The predicted octanol–water partition coefficient (Wildman–Crippen LogP) is 4.95. The van der Waals surface area contributed by atoms with E-state index in [4.69, 9.17) is 0 Å². The topological polar surface area (TPSA) is 20.3 Å². The number of nitrogens with zero attached hydrogens (tertiary/aromatic N) is 1. The van der Waals surface area contributed by atoms with Crippen LogP contribution in [0.25, 0.3) is 0 Å². The number of allylic oxidation sites excluding steroid dienone is 1. The van der Waals surface area contributed by atoms with Crippen molar-refractivity contribution >= 4 is 5.91 Å². The van der Waals surface area contributed by atoms with Gasteiger partial charge >= 0.3 is 0 Å². The van der Waals surface area contributed by atoms with Gasteiger partial charge in [0, 0.05) is 17.7 Å². The van der Waals surface area contributed by atoms with Gasteiger partial charge in [0.2, 0.25) is 5.91 Å². The standard InChI is InChI=1S/C19H29NO/c1-6-8-14-17(7-2)18(21)20(19(3,4)5)15-16-12-10-9-11-13-16/h9-14H,6-8,15H2,1-5H3/b17-14+. The molecule has 0 aromatic heterocycles. The number of carbonyl (C=O) groups excluding carboxylic acids is 1. The molecule has 1 aromatic carbocycles. The van der Waals surface area contributed by atoms with Crippen molar-refractivity contribution in [3.8, 4) is 0 Å². The summed E-state index contributed by atoms with van der Waals surface area (Å²) in [5, 5.41) is 0. The maximum atomic E-state index is 12.9. The zero-order valence-electron chi connectivity index (χ0n) is 14.1. The molecule has 0 N–H and O–H groups in total. The highest BCUT2D eigenvalue weighted by Crippen LogP contribution is 2.21. The molecule has 0 fully saturated rings. The van der Waals surface area contributed by atoms with Gasteiger partial charge in [-0.15, -0.1) is 0 Å². The van der Waals surface area contributed by atoms with Crippen LogP contribution in [-0.2, 0) is 11.3 Å². The molecule has 21 heavy (non-hydrogen) atoms. The molecular formula is C19H29NO. The van der Waals surface area contributed by atoms with Gasteiger partial charge in [0.25, 0.3) is 0 Å². The van der Waals surface area contributed by atoms with Crippen molar-refractivity contribution in [2.75, 3.05) is 0 Å². The number of hydrogen-bond acceptors (Lipinski definition) is 1. The molecule has 0 spiro atoms. The molecule has 0 saturated carbocycles. The molecule has 0 unspecified atom stereocenters. The third-order valence-electron chi connectivity index (χ3n) is 3.57. The monoisotopic (exact) mass is 287 g/mol. The number of carbonyl (C=O) groups is 1. The molecule has 0 radical (unpaired) electrons. The molecular weight excluding hydrogens is 258 g/mol. The fraction of sp³-hybridized carbons (Fsp3) is 0.526. The van der Waals surface area contributed by atoms with E-state index in [2.05, 4.69) is 52.8 Å². The first-order chi connectivity index (χ1) is 9.90. The van der Waals surface area contributed by atoms with E-state index in [0.29, 0.717) is 6.54 Å². The smallest absolute Gasteiger partial charge is 0.250 e. The Morgan fingerprint density at radius 2 is 1.76 bits per heavy atom. The minimum Gasteiger partial charge on any atom is -0.330 e. The van der Waals surface area contributed by atoms with Gasteiger partial charge in [-0.3, -0.25) is 4.79 Å². The quantitative estimate of drug-likeness (QED) is 0.678. The summed E-state index contributed by atoms with van der Waals surface area (Å²) in [4.78, 5) is 14.9. The van der Waals surface area contributed by atoms with E-state index in [1.807, 2.05) is 23.1 Å². The van der Waals surface area contributed by atoms with Gasteiger partial charge in [-0.05, 0) is 39.2 Å². The molecule has 0 aliphatic carbocycles. The fourth-order valence-electron chi connectivity index (χ4n) is 2.25. The Balaban J connectivity index is 3.00. The summed E-state index contributed by atoms with van der Waals surface area (Å²) < 4.78 is 0. The van der Waals surface area contributed by atoms with Crippen LogP contribution >= 0.6 is 0 Å². The number of rotatable bonds is 6. The van der Waals surface area contributed by atoms with E-state index in [1.165, 1.54) is 5.56 Å². The highest BCUT2D eigenvalue weighted by molar-refractivity contribution is 5.93. The van der Waals surface area contributed by atoms with Crippen molar-refractivity contribution in [2.45, 2.75) is 66.0 Å². The van der Waals surface area contributed by atoms with Gasteiger partial charge in [-0.1, -0.05) is 56.7 Å². The largest absolute Gasteiger partial charge is 0.330 e. The first kappa shape index (κ1) is 17.5. The van der Waals surface area contributed by atoms with Gasteiger partial charge < -0.3 is 4.90 Å². The van der Waals surface area contributed by atoms with Gasteiger partial charge in [0.05, 0.1) is 0 Å². The summed E-state index contributed by atoms with van der Waals surface area (Å²) in [7, 11) is 0. The minimum atomic E-state index is -0.187. The van der Waals surface area contributed by atoms with Gasteiger partial charge in [-0.25, -0.2) is 0 Å². The minimum absolute atomic E-state index is 0.169. The van der Waals surface area contributed by atoms with Crippen molar-refractivity contribution in [3.63, 3.8) is 0 Å². The van der Waals surface area contributed by atoms with Crippen LogP contribution in [0.2, 0.25) is 0 Å². The van der Waals surface area contributed by atoms with E-state index in [9.17, 15) is 4.79 Å². The Morgan fingerprint density at radius 3 is 2.24 bits per heavy atom. The fourth-order valence-corrected chi connectivity index (χ4v) is 2.25. The normalized spacial score (nSPS) is 12.3. The maximum absolute atomic E-state index is 12.9. The predicted molar refractivity (Wildman–Crippen MR) is 90.0 cm³/mol. The molecule has 0 aliphatic heterocycles. The molecule has 0 saturated heterocycles. The maximum Gasteiger partial charge on any atom is 0.250 e. The van der Waals surface area contributed by atoms with Crippen LogP contribution in [-0.4, -0.2) is 16.3 Å². The first-order valence-electron chi connectivity index (χ1n) is 7.95. The third kappa shape index (κ3) is 5.37. The Bertz CT molecular complexity index is 468. The van der Waals surface area contributed by atoms with E-state index in [0.717, 1.165) is 24.8 Å². The lowest BCUT2D eigenvalue weighted by Gasteiger charge is -2.36. The number of amides is 1. The Hall–Kier alpha value is -1.57. The van der Waals surface area contributed by atoms with E-state index in [-0.39, 0.29) is 11.4 Å². The summed E-state index contributed by atoms with van der Waals surface area (Å²) >= 11 is 0. The highest BCUT2D eigenvalue weighted by Gasteiger charge is 2.27. The third-order valence-corrected chi connectivity index (χ3v) is 3.57. The van der Waals surface area contributed by atoms with E-state index >= 15 is 0 Å². The summed E-state index contributed by atoms with van der Waals surface area (Å²) in [6.45, 7) is 11.2. The average molecular weight is 287 g/mol. The highest BCUT2D eigenvalue weighted by atomic mass is 16.2. The summed E-state index contributed by atoms with van der Waals surface area (Å²) in [6.07, 6.45) is 4.94. The number of unbranched alkanes of at least 4 members (excludes halogenated alkanes) is 1. The van der Waals surface area contributed by atoms with E-state index < -0.39 is 0 Å². The van der Waals surface area contributed by atoms with Gasteiger partial charge in [-0.2, -0.15) is 0 Å². The van der Waals surface area contributed by atoms with Crippen LogP contribution in [0.1, 0.15) is 59.4 Å². The molecule has 0 aliphatic rings. The van der Waals surface area contributed by atoms with Crippen molar-refractivity contribution in [1.29, 1.82) is 0 Å². The Morgan fingerprint density at radius 1 is 1.14 bits per heavy atom. The average Bonchev–Trinajstić information content (AvgIpc) is 2.45. The van der Waals surface area contributed by atoms with Crippen LogP contribution in [0.5, 0.6) is 0 Å².